The van der Waals surface area contributed by atoms with Crippen molar-refractivity contribution in [2.75, 3.05) is 20.3 Å². The number of benzene rings is 1. The SMILES string of the molecule is COc1ccc([C@H]2OC[C@]3(COC(C)=O)[C@H](C)C=C(C)[C@@H]2[C@H]3C)cc1. The average Bonchev–Trinajstić information content (AvgIpc) is 2.59. The fourth-order valence-corrected chi connectivity index (χ4v) is 4.59. The summed E-state index contributed by atoms with van der Waals surface area (Å²) >= 11 is 0. The molecule has 136 valence electrons. The lowest BCUT2D eigenvalue weighted by Crippen LogP contribution is -2.54. The molecule has 1 heterocycles. The van der Waals surface area contributed by atoms with Crippen LogP contribution in [0, 0.1) is 23.2 Å². The number of carbonyl (C=O) groups is 1. The molecule has 1 aromatic carbocycles. The summed E-state index contributed by atoms with van der Waals surface area (Å²) in [5.41, 5.74) is 2.37. The van der Waals surface area contributed by atoms with Gasteiger partial charge in [-0.15, -0.1) is 0 Å². The molecule has 2 aliphatic rings. The summed E-state index contributed by atoms with van der Waals surface area (Å²) in [4.78, 5) is 11.4. The van der Waals surface area contributed by atoms with E-state index in [9.17, 15) is 4.79 Å². The first-order chi connectivity index (χ1) is 11.9. The zero-order valence-corrected chi connectivity index (χ0v) is 15.7. The molecule has 1 saturated heterocycles. The molecule has 3 rings (SSSR count). The molecule has 0 spiro atoms. The average molecular weight is 344 g/mol. The fraction of sp³-hybridized carbons (Fsp3) is 0.571. The molecule has 0 radical (unpaired) electrons. The lowest BCUT2D eigenvalue weighted by atomic mass is 9.56. The van der Waals surface area contributed by atoms with Crippen molar-refractivity contribution in [3.63, 3.8) is 0 Å². The van der Waals surface area contributed by atoms with Gasteiger partial charge in [-0.1, -0.05) is 37.6 Å². The van der Waals surface area contributed by atoms with E-state index in [4.69, 9.17) is 14.2 Å². The van der Waals surface area contributed by atoms with Gasteiger partial charge in [-0.05, 0) is 36.5 Å². The molecule has 25 heavy (non-hydrogen) atoms. The van der Waals surface area contributed by atoms with Crippen LogP contribution in [0.3, 0.4) is 0 Å². The van der Waals surface area contributed by atoms with E-state index in [0.29, 0.717) is 25.0 Å². The van der Waals surface area contributed by atoms with Crippen LogP contribution in [0.25, 0.3) is 0 Å². The third-order valence-corrected chi connectivity index (χ3v) is 6.24. The maximum atomic E-state index is 11.4. The van der Waals surface area contributed by atoms with Gasteiger partial charge >= 0.3 is 5.97 Å². The smallest absolute Gasteiger partial charge is 0.302 e. The second-order valence-corrected chi connectivity index (χ2v) is 7.53. The Kier molecular flexibility index (Phi) is 4.92. The first-order valence-electron chi connectivity index (χ1n) is 8.96. The monoisotopic (exact) mass is 344 g/mol. The van der Waals surface area contributed by atoms with Gasteiger partial charge in [0.15, 0.2) is 0 Å². The maximum Gasteiger partial charge on any atom is 0.302 e. The molecule has 4 heteroatoms. The van der Waals surface area contributed by atoms with Gasteiger partial charge in [0.05, 0.1) is 26.4 Å². The first kappa shape index (κ1) is 18.0. The van der Waals surface area contributed by atoms with Crippen molar-refractivity contribution in [1.29, 1.82) is 0 Å². The lowest BCUT2D eigenvalue weighted by Gasteiger charge is -2.55. The van der Waals surface area contributed by atoms with Crippen molar-refractivity contribution in [2.45, 2.75) is 33.8 Å². The minimum absolute atomic E-state index is 0.0232. The van der Waals surface area contributed by atoms with Crippen LogP contribution in [0.15, 0.2) is 35.9 Å². The topological polar surface area (TPSA) is 44.8 Å². The molecule has 2 bridgehead atoms. The van der Waals surface area contributed by atoms with Crippen LogP contribution >= 0.6 is 0 Å². The summed E-state index contributed by atoms with van der Waals surface area (Å²) in [7, 11) is 1.67. The van der Waals surface area contributed by atoms with Gasteiger partial charge in [-0.3, -0.25) is 4.79 Å². The van der Waals surface area contributed by atoms with Gasteiger partial charge in [0.25, 0.3) is 0 Å². The van der Waals surface area contributed by atoms with Crippen molar-refractivity contribution in [2.24, 2.45) is 23.2 Å². The Hall–Kier alpha value is -1.81. The zero-order chi connectivity index (χ0) is 18.2. The number of allylic oxidation sites excluding steroid dienone is 1. The summed E-state index contributed by atoms with van der Waals surface area (Å²) in [5.74, 6) is 1.59. The number of rotatable bonds is 4. The fourth-order valence-electron chi connectivity index (χ4n) is 4.59. The largest absolute Gasteiger partial charge is 0.497 e. The van der Waals surface area contributed by atoms with Gasteiger partial charge in [0, 0.05) is 18.3 Å². The van der Waals surface area contributed by atoms with E-state index in [2.05, 4.69) is 39.0 Å². The minimum atomic E-state index is -0.228. The number of ether oxygens (including phenoxy) is 3. The first-order valence-corrected chi connectivity index (χ1v) is 8.96. The van der Waals surface area contributed by atoms with Crippen molar-refractivity contribution >= 4 is 5.97 Å². The standard InChI is InChI=1S/C21H28O4/c1-13-10-14(2)21(11-24-16(4)22)12-25-20(19(13)15(21)3)17-6-8-18(23-5)9-7-17/h6-10,14-15,19-20H,11-12H2,1-5H3/t14-,15-,19-,20-,21-/m1/s1. The Balaban J connectivity index is 1.92. The van der Waals surface area contributed by atoms with Gasteiger partial charge < -0.3 is 14.2 Å². The van der Waals surface area contributed by atoms with Gasteiger partial charge in [0.1, 0.15) is 5.75 Å². The van der Waals surface area contributed by atoms with Crippen LogP contribution in [-0.4, -0.2) is 26.3 Å². The highest BCUT2D eigenvalue weighted by Gasteiger charge is 2.54. The molecule has 0 aromatic heterocycles. The highest BCUT2D eigenvalue weighted by Crippen LogP contribution is 2.56. The molecule has 1 aliphatic carbocycles. The molecule has 1 fully saturated rings. The quantitative estimate of drug-likeness (QED) is 0.607. The van der Waals surface area contributed by atoms with Crippen molar-refractivity contribution < 1.29 is 19.0 Å². The second-order valence-electron chi connectivity index (χ2n) is 7.53. The Bertz CT molecular complexity index is 663. The molecule has 1 aromatic rings. The number of hydrogen-bond donors (Lipinski definition) is 0. The van der Waals surface area contributed by atoms with Crippen LogP contribution in [0.4, 0.5) is 0 Å². The molecule has 5 atom stereocenters. The van der Waals surface area contributed by atoms with E-state index in [1.54, 1.807) is 7.11 Å². The number of hydrogen-bond acceptors (Lipinski definition) is 4. The Morgan fingerprint density at radius 1 is 1.28 bits per heavy atom. The van der Waals surface area contributed by atoms with E-state index in [0.717, 1.165) is 5.75 Å². The highest BCUT2D eigenvalue weighted by atomic mass is 16.5. The molecule has 4 nitrogen and oxygen atoms in total. The molecule has 0 unspecified atom stereocenters. The molecule has 0 amide bonds. The highest BCUT2D eigenvalue weighted by molar-refractivity contribution is 5.66. The summed E-state index contributed by atoms with van der Waals surface area (Å²) in [6.45, 7) is 9.16. The van der Waals surface area contributed by atoms with Gasteiger partial charge in [-0.25, -0.2) is 0 Å². The van der Waals surface area contributed by atoms with Crippen molar-refractivity contribution in [3.8, 4) is 5.75 Å². The van der Waals surface area contributed by atoms with Crippen LogP contribution in [0.1, 0.15) is 39.4 Å². The van der Waals surface area contributed by atoms with Crippen molar-refractivity contribution in [1.82, 2.24) is 0 Å². The van der Waals surface area contributed by atoms with E-state index in [1.807, 2.05) is 12.1 Å². The number of carbonyl (C=O) groups excluding carboxylic acids is 1. The number of methoxy groups -OCH3 is 1. The van der Waals surface area contributed by atoms with Crippen LogP contribution in [0.5, 0.6) is 5.75 Å². The third kappa shape index (κ3) is 3.08. The van der Waals surface area contributed by atoms with Gasteiger partial charge in [0.2, 0.25) is 0 Å². The lowest BCUT2D eigenvalue weighted by molar-refractivity contribution is -0.180. The van der Waals surface area contributed by atoms with Crippen LogP contribution in [0.2, 0.25) is 0 Å². The summed E-state index contributed by atoms with van der Waals surface area (Å²) in [5, 5.41) is 0. The Morgan fingerprint density at radius 3 is 2.56 bits per heavy atom. The molecule has 0 saturated carbocycles. The summed E-state index contributed by atoms with van der Waals surface area (Å²) < 4.78 is 17.1. The van der Waals surface area contributed by atoms with E-state index in [1.165, 1.54) is 18.1 Å². The molecular formula is C21H28O4. The molecular weight excluding hydrogens is 316 g/mol. The predicted octanol–water partition coefficient (Wildman–Crippen LogP) is 4.16. The Labute approximate surface area is 150 Å². The third-order valence-electron chi connectivity index (χ3n) is 6.24. The zero-order valence-electron chi connectivity index (χ0n) is 15.7. The summed E-state index contributed by atoms with van der Waals surface area (Å²) in [6, 6.07) is 8.13. The predicted molar refractivity (Wildman–Crippen MR) is 96.3 cm³/mol. The van der Waals surface area contributed by atoms with Crippen molar-refractivity contribution in [3.05, 3.63) is 41.5 Å². The molecule has 1 aliphatic heterocycles. The second kappa shape index (κ2) is 6.83. The van der Waals surface area contributed by atoms with E-state index in [-0.39, 0.29) is 23.4 Å². The van der Waals surface area contributed by atoms with E-state index < -0.39 is 0 Å². The van der Waals surface area contributed by atoms with Crippen LogP contribution < -0.4 is 4.74 Å². The minimum Gasteiger partial charge on any atom is -0.497 e. The maximum absolute atomic E-state index is 11.4. The summed E-state index contributed by atoms with van der Waals surface area (Å²) in [6.07, 6.45) is 2.36. The number of fused-ring (bicyclic) bond motifs is 2. The van der Waals surface area contributed by atoms with E-state index >= 15 is 0 Å². The normalized spacial score (nSPS) is 34.2. The number of esters is 1. The van der Waals surface area contributed by atoms with Gasteiger partial charge in [-0.2, -0.15) is 0 Å². The molecule has 0 N–H and O–H groups in total. The Morgan fingerprint density at radius 2 is 1.96 bits per heavy atom. The van der Waals surface area contributed by atoms with Crippen LogP contribution in [-0.2, 0) is 14.3 Å².